The molecule has 2 heteroatoms. The van der Waals surface area contributed by atoms with Gasteiger partial charge in [-0.05, 0) is 18.6 Å². The van der Waals surface area contributed by atoms with Crippen molar-refractivity contribution in [1.29, 1.82) is 0 Å². The van der Waals surface area contributed by atoms with Gasteiger partial charge in [0, 0.05) is 0 Å². The van der Waals surface area contributed by atoms with E-state index in [1.54, 1.807) is 0 Å². The fourth-order valence-electron chi connectivity index (χ4n) is 1.39. The average molecular weight is 163 g/mol. The summed E-state index contributed by atoms with van der Waals surface area (Å²) in [6.07, 6.45) is 1.39. The van der Waals surface area contributed by atoms with Crippen LogP contribution in [0.15, 0.2) is 24.3 Å². The highest BCUT2D eigenvalue weighted by Gasteiger charge is 2.15. The van der Waals surface area contributed by atoms with Gasteiger partial charge < -0.3 is 10.1 Å². The third-order valence-corrected chi connectivity index (χ3v) is 2.16. The lowest BCUT2D eigenvalue weighted by Gasteiger charge is -2.26. The van der Waals surface area contributed by atoms with E-state index in [1.165, 1.54) is 0 Å². The molecule has 0 aliphatic carbocycles. The first-order chi connectivity index (χ1) is 5.90. The van der Waals surface area contributed by atoms with E-state index < -0.39 is 0 Å². The Kier molecular flexibility index (Phi) is 1.90. The minimum atomic E-state index is 0.333. The third-order valence-electron chi connectivity index (χ3n) is 2.16. The Morgan fingerprint density at radius 2 is 2.33 bits per heavy atom. The number of benzene rings is 1. The number of fused-ring (bicyclic) bond motifs is 1. The van der Waals surface area contributed by atoms with Crippen LogP contribution in [0.1, 0.15) is 13.3 Å². The summed E-state index contributed by atoms with van der Waals surface area (Å²) >= 11 is 0. The van der Waals surface area contributed by atoms with Crippen molar-refractivity contribution >= 4 is 5.69 Å². The monoisotopic (exact) mass is 163 g/mol. The quantitative estimate of drug-likeness (QED) is 0.685. The van der Waals surface area contributed by atoms with E-state index in [0.29, 0.717) is 6.10 Å². The van der Waals surface area contributed by atoms with Crippen molar-refractivity contribution in [2.75, 3.05) is 11.9 Å². The van der Waals surface area contributed by atoms with Crippen molar-refractivity contribution in [3.8, 4) is 5.75 Å². The predicted octanol–water partition coefficient (Wildman–Crippen LogP) is 2.27. The van der Waals surface area contributed by atoms with Crippen LogP contribution in [0.3, 0.4) is 0 Å². The summed E-state index contributed by atoms with van der Waals surface area (Å²) in [6, 6.07) is 8.06. The van der Waals surface area contributed by atoms with Crippen LogP contribution in [-0.4, -0.2) is 12.6 Å². The van der Waals surface area contributed by atoms with Crippen LogP contribution in [0, 0.1) is 0 Å². The molecule has 0 saturated heterocycles. The average Bonchev–Trinajstić information content (AvgIpc) is 2.17. The lowest BCUT2D eigenvalue weighted by molar-refractivity contribution is 0.202. The maximum Gasteiger partial charge on any atom is 0.142 e. The lowest BCUT2D eigenvalue weighted by atomic mass is 10.2. The molecule has 1 aliphatic rings. The summed E-state index contributed by atoms with van der Waals surface area (Å²) < 4.78 is 5.72. The van der Waals surface area contributed by atoms with Gasteiger partial charge in [0.2, 0.25) is 0 Å². The first-order valence-electron chi connectivity index (χ1n) is 4.39. The molecular formula is C10H13NO. The Balaban J connectivity index is 2.23. The second-order valence-electron chi connectivity index (χ2n) is 3.03. The van der Waals surface area contributed by atoms with Crippen molar-refractivity contribution in [2.45, 2.75) is 19.4 Å². The Morgan fingerprint density at radius 3 is 3.17 bits per heavy atom. The van der Waals surface area contributed by atoms with Crippen molar-refractivity contribution in [3.05, 3.63) is 24.3 Å². The molecule has 2 nitrogen and oxygen atoms in total. The standard InChI is InChI=1S/C10H13NO/c1-2-8-7-11-9-5-3-4-6-10(9)12-8/h3-6,8,11H,2,7H2,1H3/t8-/m0/s1. The van der Waals surface area contributed by atoms with Crippen LogP contribution in [0.5, 0.6) is 5.75 Å². The normalized spacial score (nSPS) is 20.6. The van der Waals surface area contributed by atoms with E-state index in [2.05, 4.69) is 12.2 Å². The molecule has 0 fully saturated rings. The molecule has 12 heavy (non-hydrogen) atoms. The topological polar surface area (TPSA) is 21.3 Å². The lowest BCUT2D eigenvalue weighted by Crippen LogP contribution is -2.29. The van der Waals surface area contributed by atoms with Gasteiger partial charge in [0.05, 0.1) is 12.2 Å². The molecule has 0 spiro atoms. The summed E-state index contributed by atoms with van der Waals surface area (Å²) in [6.45, 7) is 3.06. The first kappa shape index (κ1) is 7.47. The highest BCUT2D eigenvalue weighted by atomic mass is 16.5. The highest BCUT2D eigenvalue weighted by Crippen LogP contribution is 2.28. The van der Waals surface area contributed by atoms with Crippen LogP contribution in [0.2, 0.25) is 0 Å². The largest absolute Gasteiger partial charge is 0.486 e. The van der Waals surface area contributed by atoms with Gasteiger partial charge in [-0.25, -0.2) is 0 Å². The predicted molar refractivity (Wildman–Crippen MR) is 49.6 cm³/mol. The van der Waals surface area contributed by atoms with Crippen LogP contribution < -0.4 is 10.1 Å². The van der Waals surface area contributed by atoms with Crippen molar-refractivity contribution in [3.63, 3.8) is 0 Å². The number of nitrogens with one attached hydrogen (secondary N) is 1. The highest BCUT2D eigenvalue weighted by molar-refractivity contribution is 5.57. The molecule has 1 heterocycles. The maximum absolute atomic E-state index is 5.72. The number of hydrogen-bond donors (Lipinski definition) is 1. The van der Waals surface area contributed by atoms with Crippen LogP contribution in [0.4, 0.5) is 5.69 Å². The van der Waals surface area contributed by atoms with Crippen LogP contribution in [-0.2, 0) is 0 Å². The molecule has 0 bridgehead atoms. The SMILES string of the molecule is CC[C@H]1CNc2ccccc2O1. The molecule has 0 unspecified atom stereocenters. The van der Waals surface area contributed by atoms with E-state index >= 15 is 0 Å². The van der Waals surface area contributed by atoms with E-state index in [4.69, 9.17) is 4.74 Å². The Bertz CT molecular complexity index is 272. The molecule has 1 aliphatic heterocycles. The van der Waals surface area contributed by atoms with Gasteiger partial charge in [0.15, 0.2) is 0 Å². The number of rotatable bonds is 1. The van der Waals surface area contributed by atoms with Gasteiger partial charge in [-0.15, -0.1) is 0 Å². The molecular weight excluding hydrogens is 150 g/mol. The van der Waals surface area contributed by atoms with Crippen molar-refractivity contribution in [2.24, 2.45) is 0 Å². The minimum Gasteiger partial charge on any atom is -0.486 e. The molecule has 2 rings (SSSR count). The molecule has 64 valence electrons. The number of para-hydroxylation sites is 2. The zero-order valence-corrected chi connectivity index (χ0v) is 7.21. The van der Waals surface area contributed by atoms with Gasteiger partial charge in [-0.2, -0.15) is 0 Å². The van der Waals surface area contributed by atoms with E-state index in [-0.39, 0.29) is 0 Å². The van der Waals surface area contributed by atoms with Gasteiger partial charge in [-0.3, -0.25) is 0 Å². The fourth-order valence-corrected chi connectivity index (χ4v) is 1.39. The molecule has 0 radical (unpaired) electrons. The third kappa shape index (κ3) is 1.24. The zero-order chi connectivity index (χ0) is 8.39. The van der Waals surface area contributed by atoms with Gasteiger partial charge >= 0.3 is 0 Å². The summed E-state index contributed by atoms with van der Waals surface area (Å²) in [7, 11) is 0. The smallest absolute Gasteiger partial charge is 0.142 e. The summed E-state index contributed by atoms with van der Waals surface area (Å²) in [5, 5.41) is 3.34. The van der Waals surface area contributed by atoms with E-state index in [0.717, 1.165) is 24.4 Å². The second kappa shape index (κ2) is 3.05. The molecule has 1 atom stereocenters. The summed E-state index contributed by atoms with van der Waals surface area (Å²) in [5.74, 6) is 0.982. The van der Waals surface area contributed by atoms with Crippen molar-refractivity contribution < 1.29 is 4.74 Å². The summed E-state index contributed by atoms with van der Waals surface area (Å²) in [4.78, 5) is 0. The number of hydrogen-bond acceptors (Lipinski definition) is 2. The van der Waals surface area contributed by atoms with E-state index in [1.807, 2.05) is 24.3 Å². The van der Waals surface area contributed by atoms with E-state index in [9.17, 15) is 0 Å². The van der Waals surface area contributed by atoms with Crippen molar-refractivity contribution in [1.82, 2.24) is 0 Å². The molecule has 1 aromatic carbocycles. The Hall–Kier alpha value is -1.18. The maximum atomic E-state index is 5.72. The number of anilines is 1. The minimum absolute atomic E-state index is 0.333. The van der Waals surface area contributed by atoms with Crippen LogP contribution >= 0.6 is 0 Å². The Labute approximate surface area is 72.5 Å². The van der Waals surface area contributed by atoms with Gasteiger partial charge in [0.25, 0.3) is 0 Å². The summed E-state index contributed by atoms with van der Waals surface area (Å²) in [5.41, 5.74) is 1.11. The fraction of sp³-hybridized carbons (Fsp3) is 0.400. The number of ether oxygens (including phenoxy) is 1. The van der Waals surface area contributed by atoms with Crippen LogP contribution in [0.25, 0.3) is 0 Å². The molecule has 0 saturated carbocycles. The van der Waals surface area contributed by atoms with Gasteiger partial charge in [-0.1, -0.05) is 19.1 Å². The zero-order valence-electron chi connectivity index (χ0n) is 7.21. The first-order valence-corrected chi connectivity index (χ1v) is 4.39. The second-order valence-corrected chi connectivity index (χ2v) is 3.03. The van der Waals surface area contributed by atoms with Gasteiger partial charge in [0.1, 0.15) is 11.9 Å². The molecule has 1 aromatic rings. The molecule has 0 amide bonds. The molecule has 1 N–H and O–H groups in total. The molecule has 0 aromatic heterocycles. The Morgan fingerprint density at radius 1 is 1.50 bits per heavy atom.